The monoisotopic (exact) mass is 515 g/mol. The van der Waals surface area contributed by atoms with Crippen molar-refractivity contribution in [2.24, 2.45) is 4.99 Å². The molecule has 6 nitrogen and oxygen atoms in total. The SMILES string of the molecule is CCNC(=NCc1cccc(Cl)c1)NCC1(S(C)(=O)=O)CCOCC1.I. The molecule has 1 saturated heterocycles. The number of benzene rings is 1. The molecular weight excluding hydrogens is 489 g/mol. The van der Waals surface area contributed by atoms with Crippen LogP contribution < -0.4 is 10.6 Å². The quantitative estimate of drug-likeness (QED) is 0.346. The molecule has 1 aromatic rings. The van der Waals surface area contributed by atoms with E-state index in [9.17, 15) is 8.42 Å². The lowest BCUT2D eigenvalue weighted by molar-refractivity contribution is 0.0756. The van der Waals surface area contributed by atoms with Gasteiger partial charge in [-0.15, -0.1) is 24.0 Å². The summed E-state index contributed by atoms with van der Waals surface area (Å²) in [4.78, 5) is 4.53. The third-order valence-corrected chi connectivity index (χ3v) is 6.78. The lowest BCUT2D eigenvalue weighted by Gasteiger charge is -2.35. The summed E-state index contributed by atoms with van der Waals surface area (Å²) < 4.78 is 29.2. The number of halogens is 2. The second-order valence-electron chi connectivity index (χ2n) is 6.25. The maximum Gasteiger partial charge on any atom is 0.191 e. The van der Waals surface area contributed by atoms with Gasteiger partial charge in [-0.1, -0.05) is 23.7 Å². The second-order valence-corrected chi connectivity index (χ2v) is 9.09. The first-order chi connectivity index (χ1) is 11.9. The Hall–Kier alpha value is -0.580. The van der Waals surface area contributed by atoms with E-state index in [0.29, 0.717) is 56.7 Å². The van der Waals surface area contributed by atoms with Gasteiger partial charge in [0.1, 0.15) is 0 Å². The van der Waals surface area contributed by atoms with Crippen molar-refractivity contribution in [3.63, 3.8) is 0 Å². The van der Waals surface area contributed by atoms with Gasteiger partial charge in [0.15, 0.2) is 15.8 Å². The number of aliphatic imine (C=N–C) groups is 1. The number of hydrogen-bond acceptors (Lipinski definition) is 4. The minimum atomic E-state index is -3.21. The summed E-state index contributed by atoms with van der Waals surface area (Å²) in [6.45, 7) is 4.37. The average Bonchev–Trinajstić information content (AvgIpc) is 2.57. The van der Waals surface area contributed by atoms with Crippen molar-refractivity contribution < 1.29 is 13.2 Å². The van der Waals surface area contributed by atoms with Crippen molar-refractivity contribution in [2.75, 3.05) is 32.6 Å². The zero-order chi connectivity index (χ0) is 18.3. The number of ether oxygens (including phenoxy) is 1. The van der Waals surface area contributed by atoms with Crippen LogP contribution in [0.1, 0.15) is 25.3 Å². The number of rotatable bonds is 6. The summed E-state index contributed by atoms with van der Waals surface area (Å²) in [5, 5.41) is 7.02. The zero-order valence-electron chi connectivity index (χ0n) is 15.1. The maximum atomic E-state index is 12.3. The predicted octanol–water partition coefficient (Wildman–Crippen LogP) is 2.61. The predicted molar refractivity (Wildman–Crippen MR) is 117 cm³/mol. The largest absolute Gasteiger partial charge is 0.381 e. The fourth-order valence-corrected chi connectivity index (χ4v) is 4.27. The first-order valence-corrected chi connectivity index (χ1v) is 10.7. The lowest BCUT2D eigenvalue weighted by Crippen LogP contribution is -2.53. The zero-order valence-corrected chi connectivity index (χ0v) is 19.0. The minimum Gasteiger partial charge on any atom is -0.381 e. The van der Waals surface area contributed by atoms with E-state index >= 15 is 0 Å². The van der Waals surface area contributed by atoms with Crippen molar-refractivity contribution in [1.82, 2.24) is 10.6 Å². The van der Waals surface area contributed by atoms with Crippen LogP contribution in [0.15, 0.2) is 29.3 Å². The van der Waals surface area contributed by atoms with Crippen LogP contribution in [0.3, 0.4) is 0 Å². The summed E-state index contributed by atoms with van der Waals surface area (Å²) in [5.74, 6) is 0.594. The molecule has 9 heteroatoms. The summed E-state index contributed by atoms with van der Waals surface area (Å²) in [6, 6.07) is 7.52. The number of nitrogens with one attached hydrogen (secondary N) is 2. The minimum absolute atomic E-state index is 0. The van der Waals surface area contributed by atoms with Crippen molar-refractivity contribution in [1.29, 1.82) is 0 Å². The van der Waals surface area contributed by atoms with Crippen molar-refractivity contribution in [2.45, 2.75) is 31.1 Å². The van der Waals surface area contributed by atoms with E-state index in [4.69, 9.17) is 16.3 Å². The van der Waals surface area contributed by atoms with Crippen LogP contribution in [0.5, 0.6) is 0 Å². The maximum absolute atomic E-state index is 12.3. The van der Waals surface area contributed by atoms with Crippen LogP contribution in [-0.2, 0) is 21.1 Å². The molecule has 1 fully saturated rings. The Kier molecular flexibility index (Phi) is 9.63. The van der Waals surface area contributed by atoms with E-state index in [1.54, 1.807) is 0 Å². The molecule has 1 aliphatic heterocycles. The lowest BCUT2D eigenvalue weighted by atomic mass is 9.99. The summed E-state index contributed by atoms with van der Waals surface area (Å²) in [6.07, 6.45) is 2.29. The number of nitrogens with zero attached hydrogens (tertiary/aromatic N) is 1. The molecular formula is C17H27ClIN3O3S. The highest BCUT2D eigenvalue weighted by molar-refractivity contribution is 14.0. The number of sulfone groups is 1. The van der Waals surface area contributed by atoms with Gasteiger partial charge < -0.3 is 15.4 Å². The molecule has 0 bridgehead atoms. The molecule has 0 aliphatic carbocycles. The topological polar surface area (TPSA) is 79.8 Å². The number of guanidine groups is 1. The second kappa shape index (κ2) is 10.7. The van der Waals surface area contributed by atoms with Crippen LogP contribution >= 0.6 is 35.6 Å². The third-order valence-electron chi connectivity index (χ3n) is 4.42. The Labute approximate surface area is 178 Å². The molecule has 0 amide bonds. The average molecular weight is 516 g/mol. The molecule has 0 unspecified atom stereocenters. The third kappa shape index (κ3) is 6.54. The summed E-state index contributed by atoms with van der Waals surface area (Å²) in [7, 11) is -3.21. The highest BCUT2D eigenvalue weighted by Crippen LogP contribution is 2.28. The van der Waals surface area contributed by atoms with Gasteiger partial charge in [0.2, 0.25) is 0 Å². The normalized spacial score (nSPS) is 17.3. The fraction of sp³-hybridized carbons (Fsp3) is 0.588. The molecule has 0 saturated carbocycles. The highest BCUT2D eigenvalue weighted by Gasteiger charge is 2.42. The Morgan fingerprint density at radius 2 is 2.00 bits per heavy atom. The van der Waals surface area contributed by atoms with Gasteiger partial charge >= 0.3 is 0 Å². The molecule has 1 aromatic carbocycles. The van der Waals surface area contributed by atoms with Gasteiger partial charge in [-0.2, -0.15) is 0 Å². The smallest absolute Gasteiger partial charge is 0.191 e. The van der Waals surface area contributed by atoms with Gasteiger partial charge in [0.25, 0.3) is 0 Å². The molecule has 0 atom stereocenters. The molecule has 2 rings (SSSR count). The molecule has 148 valence electrons. The molecule has 2 N–H and O–H groups in total. The Bertz CT molecular complexity index is 707. The number of hydrogen-bond donors (Lipinski definition) is 2. The first kappa shape index (κ1) is 23.5. The Balaban J connectivity index is 0.00000338. The van der Waals surface area contributed by atoms with Gasteiger partial charge in [-0.3, -0.25) is 0 Å². The van der Waals surface area contributed by atoms with Crippen molar-refractivity contribution in [3.05, 3.63) is 34.9 Å². The van der Waals surface area contributed by atoms with E-state index < -0.39 is 14.6 Å². The molecule has 26 heavy (non-hydrogen) atoms. The van der Waals surface area contributed by atoms with Crippen molar-refractivity contribution >= 4 is 51.4 Å². The van der Waals surface area contributed by atoms with Crippen LogP contribution in [0.2, 0.25) is 5.02 Å². The van der Waals surface area contributed by atoms with E-state index in [0.717, 1.165) is 5.56 Å². The van der Waals surface area contributed by atoms with E-state index in [-0.39, 0.29) is 24.0 Å². The van der Waals surface area contributed by atoms with Crippen molar-refractivity contribution in [3.8, 4) is 0 Å². The van der Waals surface area contributed by atoms with E-state index in [2.05, 4.69) is 15.6 Å². The van der Waals surface area contributed by atoms with Gasteiger partial charge in [0.05, 0.1) is 11.3 Å². The Morgan fingerprint density at radius 3 is 2.58 bits per heavy atom. The molecule has 0 aromatic heterocycles. The van der Waals surface area contributed by atoms with Gasteiger partial charge in [-0.25, -0.2) is 13.4 Å². The Morgan fingerprint density at radius 1 is 1.31 bits per heavy atom. The summed E-state index contributed by atoms with van der Waals surface area (Å²) >= 11 is 5.99. The molecule has 1 aliphatic rings. The highest BCUT2D eigenvalue weighted by atomic mass is 127. The summed E-state index contributed by atoms with van der Waals surface area (Å²) in [5.41, 5.74) is 0.994. The van der Waals surface area contributed by atoms with Gasteiger partial charge in [0, 0.05) is 37.6 Å². The molecule has 0 radical (unpaired) electrons. The van der Waals surface area contributed by atoms with E-state index in [1.807, 2.05) is 31.2 Å². The molecule has 0 spiro atoms. The van der Waals surface area contributed by atoms with Gasteiger partial charge in [-0.05, 0) is 37.5 Å². The molecule has 1 heterocycles. The van der Waals surface area contributed by atoms with Crippen LogP contribution in [-0.4, -0.2) is 51.7 Å². The van der Waals surface area contributed by atoms with Crippen LogP contribution in [0, 0.1) is 0 Å². The van der Waals surface area contributed by atoms with Crippen LogP contribution in [0.4, 0.5) is 0 Å². The fourth-order valence-electron chi connectivity index (χ4n) is 2.81. The first-order valence-electron chi connectivity index (χ1n) is 8.40. The standard InChI is InChI=1S/C17H26ClN3O3S.HI/c1-3-19-16(20-12-14-5-4-6-15(18)11-14)21-13-17(25(2,22)23)7-9-24-10-8-17;/h4-6,11H,3,7-10,12-13H2,1-2H3,(H2,19,20,21);1H. The van der Waals surface area contributed by atoms with E-state index in [1.165, 1.54) is 6.26 Å². The van der Waals surface area contributed by atoms with Crippen LogP contribution in [0.25, 0.3) is 0 Å².